The van der Waals surface area contributed by atoms with Gasteiger partial charge >= 0.3 is 7.69 Å². The van der Waals surface area contributed by atoms with Crippen LogP contribution >= 0.6 is 0 Å². The van der Waals surface area contributed by atoms with Crippen molar-refractivity contribution in [3.05, 3.63) is 113 Å². The molecule has 0 heterocycles. The van der Waals surface area contributed by atoms with Gasteiger partial charge in [0.15, 0.2) is 0 Å². The van der Waals surface area contributed by atoms with E-state index in [0.717, 1.165) is 0 Å². The SMILES string of the molecule is OBOc1ccc2c(c1)-c1ccccc1C21c2ccccc2-c2ccccc21. The Bertz CT molecular complexity index is 1200. The highest BCUT2D eigenvalue weighted by Gasteiger charge is 2.51. The first-order valence-corrected chi connectivity index (χ1v) is 9.53. The molecule has 3 heteroatoms. The Balaban J connectivity index is 1.78. The van der Waals surface area contributed by atoms with Crippen molar-refractivity contribution < 1.29 is 9.68 Å². The molecule has 4 aromatic rings. The first kappa shape index (κ1) is 15.7. The van der Waals surface area contributed by atoms with E-state index in [4.69, 9.17) is 4.65 Å². The summed E-state index contributed by atoms with van der Waals surface area (Å²) in [5, 5.41) is 9.21. The second kappa shape index (κ2) is 5.60. The van der Waals surface area contributed by atoms with Gasteiger partial charge in [-0.05, 0) is 56.6 Å². The zero-order chi connectivity index (χ0) is 18.7. The van der Waals surface area contributed by atoms with E-state index in [2.05, 4.69) is 84.9 Å². The predicted octanol–water partition coefficient (Wildman–Crippen LogP) is 4.67. The summed E-state index contributed by atoms with van der Waals surface area (Å²) in [5.41, 5.74) is 9.95. The minimum absolute atomic E-state index is 0.309. The second-order valence-electron chi connectivity index (χ2n) is 7.37. The van der Waals surface area contributed by atoms with Crippen molar-refractivity contribution in [1.29, 1.82) is 0 Å². The zero-order valence-electron chi connectivity index (χ0n) is 15.2. The molecule has 28 heavy (non-hydrogen) atoms. The normalized spacial score (nSPS) is 14.2. The molecule has 4 aromatic carbocycles. The Labute approximate surface area is 164 Å². The standard InChI is InChI=1S/C25H17BO2/c27-26-28-16-13-14-24-20(15-16)19-9-3-6-12-23(19)25(24)21-10-4-1-7-17(21)18-8-2-5-11-22(18)25/h1-15,26-27H. The van der Waals surface area contributed by atoms with Crippen molar-refractivity contribution in [3.8, 4) is 28.0 Å². The molecule has 0 radical (unpaired) electrons. The fraction of sp³-hybridized carbons (Fsp3) is 0.0400. The van der Waals surface area contributed by atoms with E-state index < -0.39 is 0 Å². The van der Waals surface area contributed by atoms with Crippen LogP contribution in [0.1, 0.15) is 22.3 Å². The lowest BCUT2D eigenvalue weighted by Gasteiger charge is -2.30. The third kappa shape index (κ3) is 1.77. The van der Waals surface area contributed by atoms with Gasteiger partial charge in [0.05, 0.1) is 5.41 Å². The van der Waals surface area contributed by atoms with Gasteiger partial charge in [0.2, 0.25) is 0 Å². The van der Waals surface area contributed by atoms with Crippen molar-refractivity contribution in [2.24, 2.45) is 0 Å². The molecule has 2 nitrogen and oxygen atoms in total. The van der Waals surface area contributed by atoms with E-state index in [-0.39, 0.29) is 13.1 Å². The smallest absolute Gasteiger partial charge is 0.504 e. The minimum atomic E-state index is -0.322. The van der Waals surface area contributed by atoms with E-state index in [9.17, 15) is 5.02 Å². The van der Waals surface area contributed by atoms with Crippen LogP contribution in [0.3, 0.4) is 0 Å². The van der Waals surface area contributed by atoms with Crippen LogP contribution in [0.15, 0.2) is 91.0 Å². The van der Waals surface area contributed by atoms with Crippen molar-refractivity contribution in [2.45, 2.75) is 5.41 Å². The van der Waals surface area contributed by atoms with Gasteiger partial charge in [-0.2, -0.15) is 0 Å². The number of hydrogen-bond acceptors (Lipinski definition) is 2. The number of rotatable bonds is 2. The second-order valence-corrected chi connectivity index (χ2v) is 7.37. The lowest BCUT2D eigenvalue weighted by molar-refractivity contribution is 0.454. The molecule has 0 unspecified atom stereocenters. The Morgan fingerprint density at radius 1 is 0.571 bits per heavy atom. The third-order valence-electron chi connectivity index (χ3n) is 6.20. The van der Waals surface area contributed by atoms with Crippen LogP contribution in [0.2, 0.25) is 0 Å². The maximum Gasteiger partial charge on any atom is 0.504 e. The van der Waals surface area contributed by atoms with Crippen LogP contribution in [0, 0.1) is 0 Å². The molecule has 2 aliphatic rings. The average molecular weight is 360 g/mol. The van der Waals surface area contributed by atoms with E-state index in [1.54, 1.807) is 0 Å². The number of hydrogen-bond donors (Lipinski definition) is 1. The Kier molecular flexibility index (Phi) is 3.15. The van der Waals surface area contributed by atoms with Gasteiger partial charge < -0.3 is 9.68 Å². The Morgan fingerprint density at radius 2 is 1.04 bits per heavy atom. The molecule has 0 atom stereocenters. The van der Waals surface area contributed by atoms with Crippen LogP contribution < -0.4 is 4.65 Å². The molecule has 0 amide bonds. The summed E-state index contributed by atoms with van der Waals surface area (Å²) in [7, 11) is -0.322. The molecule has 132 valence electrons. The summed E-state index contributed by atoms with van der Waals surface area (Å²) in [4.78, 5) is 0. The van der Waals surface area contributed by atoms with Gasteiger partial charge in [0.25, 0.3) is 0 Å². The molecule has 0 aromatic heterocycles. The third-order valence-corrected chi connectivity index (χ3v) is 6.20. The molecule has 0 bridgehead atoms. The molecule has 0 saturated carbocycles. The number of fused-ring (bicyclic) bond motifs is 10. The highest BCUT2D eigenvalue weighted by Crippen LogP contribution is 2.62. The van der Waals surface area contributed by atoms with Crippen molar-refractivity contribution in [3.63, 3.8) is 0 Å². The zero-order valence-corrected chi connectivity index (χ0v) is 15.2. The fourth-order valence-corrected chi connectivity index (χ4v) is 5.24. The van der Waals surface area contributed by atoms with E-state index >= 15 is 0 Å². The summed E-state index contributed by atoms with van der Waals surface area (Å²) in [6.45, 7) is 0. The molecule has 6 rings (SSSR count). The quantitative estimate of drug-likeness (QED) is 0.455. The fourth-order valence-electron chi connectivity index (χ4n) is 5.24. The topological polar surface area (TPSA) is 29.5 Å². The average Bonchev–Trinajstić information content (AvgIpc) is 3.21. The summed E-state index contributed by atoms with van der Waals surface area (Å²) in [6.07, 6.45) is 0. The maximum atomic E-state index is 9.21. The van der Waals surface area contributed by atoms with Gasteiger partial charge in [0.1, 0.15) is 5.75 Å². The first-order chi connectivity index (χ1) is 13.9. The lowest BCUT2D eigenvalue weighted by atomic mass is 9.70. The number of benzene rings is 4. The van der Waals surface area contributed by atoms with Gasteiger partial charge in [-0.25, -0.2) is 0 Å². The van der Waals surface area contributed by atoms with Gasteiger partial charge in [-0.15, -0.1) is 0 Å². The molecular weight excluding hydrogens is 343 g/mol. The largest absolute Gasteiger partial charge is 0.539 e. The summed E-state index contributed by atoms with van der Waals surface area (Å²) >= 11 is 0. The lowest BCUT2D eigenvalue weighted by Crippen LogP contribution is -2.25. The summed E-state index contributed by atoms with van der Waals surface area (Å²) < 4.78 is 5.39. The van der Waals surface area contributed by atoms with Gasteiger partial charge in [0, 0.05) is 0 Å². The monoisotopic (exact) mass is 360 g/mol. The first-order valence-electron chi connectivity index (χ1n) is 9.53. The van der Waals surface area contributed by atoms with Crippen molar-refractivity contribution in [2.75, 3.05) is 0 Å². The van der Waals surface area contributed by atoms with Crippen LogP contribution in [0.5, 0.6) is 5.75 Å². The van der Waals surface area contributed by atoms with Crippen LogP contribution in [0.4, 0.5) is 0 Å². The highest BCUT2D eigenvalue weighted by molar-refractivity contribution is 6.17. The Hall–Kier alpha value is -3.30. The molecule has 0 saturated heterocycles. The van der Waals surface area contributed by atoms with E-state index in [1.807, 2.05) is 6.07 Å². The van der Waals surface area contributed by atoms with Gasteiger partial charge in [-0.1, -0.05) is 78.9 Å². The highest BCUT2D eigenvalue weighted by atomic mass is 16.5. The summed E-state index contributed by atoms with van der Waals surface area (Å²) in [6, 6.07) is 32.3. The van der Waals surface area contributed by atoms with Crippen molar-refractivity contribution >= 4 is 7.69 Å². The van der Waals surface area contributed by atoms with E-state index in [1.165, 1.54) is 44.5 Å². The molecular formula is C25H17BO2. The molecule has 1 spiro atoms. The molecule has 0 fully saturated rings. The van der Waals surface area contributed by atoms with E-state index in [0.29, 0.717) is 5.75 Å². The minimum Gasteiger partial charge on any atom is -0.539 e. The Morgan fingerprint density at radius 3 is 1.57 bits per heavy atom. The predicted molar refractivity (Wildman–Crippen MR) is 113 cm³/mol. The van der Waals surface area contributed by atoms with Crippen LogP contribution in [0.25, 0.3) is 22.3 Å². The van der Waals surface area contributed by atoms with Crippen molar-refractivity contribution in [1.82, 2.24) is 0 Å². The van der Waals surface area contributed by atoms with Crippen LogP contribution in [-0.4, -0.2) is 12.7 Å². The molecule has 0 aliphatic heterocycles. The van der Waals surface area contributed by atoms with Crippen LogP contribution in [-0.2, 0) is 5.41 Å². The molecule has 2 aliphatic carbocycles. The maximum absolute atomic E-state index is 9.21. The summed E-state index contributed by atoms with van der Waals surface area (Å²) in [5.74, 6) is 0.688. The molecule has 1 N–H and O–H groups in total. The van der Waals surface area contributed by atoms with Gasteiger partial charge in [-0.3, -0.25) is 0 Å².